The lowest BCUT2D eigenvalue weighted by Crippen LogP contribution is -2.66. The molecule has 0 saturated heterocycles. The standard InChI is InChI=1S/C7H6F9NO/c1-17-3(18)5(11,12)7(15,16)6(13,14)4(9,10)2-8/h2H2,1H3,(H,17,18). The first kappa shape index (κ1) is 16.8. The molecule has 0 bridgehead atoms. The van der Waals surface area contributed by atoms with Crippen LogP contribution in [0, 0.1) is 0 Å². The van der Waals surface area contributed by atoms with Crippen molar-refractivity contribution >= 4 is 5.91 Å². The van der Waals surface area contributed by atoms with Crippen molar-refractivity contribution in [2.24, 2.45) is 0 Å². The van der Waals surface area contributed by atoms with Crippen molar-refractivity contribution in [3.05, 3.63) is 0 Å². The molecule has 0 aromatic heterocycles. The van der Waals surface area contributed by atoms with Crippen LogP contribution in [0.5, 0.6) is 0 Å². The number of nitrogens with one attached hydrogen (secondary N) is 1. The SMILES string of the molecule is CNC(=O)C(F)(F)C(F)(F)C(F)(F)C(F)(F)CF. The predicted molar refractivity (Wildman–Crippen MR) is 39.8 cm³/mol. The van der Waals surface area contributed by atoms with Crippen molar-refractivity contribution in [2.45, 2.75) is 23.7 Å². The van der Waals surface area contributed by atoms with E-state index in [2.05, 4.69) is 0 Å². The highest BCUT2D eigenvalue weighted by atomic mass is 19.4. The summed E-state index contributed by atoms with van der Waals surface area (Å²) in [4.78, 5) is 10.3. The third kappa shape index (κ3) is 2.09. The molecule has 0 radical (unpaired) electrons. The van der Waals surface area contributed by atoms with E-state index >= 15 is 0 Å². The number of rotatable bonds is 5. The van der Waals surface area contributed by atoms with Crippen LogP contribution in [0.3, 0.4) is 0 Å². The Bertz CT molecular complexity index is 327. The molecule has 18 heavy (non-hydrogen) atoms. The number of hydrogen-bond acceptors (Lipinski definition) is 1. The molecular formula is C7H6F9NO. The Labute approximate surface area is 94.1 Å². The third-order valence-electron chi connectivity index (χ3n) is 1.93. The fraction of sp³-hybridized carbons (Fsp3) is 0.857. The summed E-state index contributed by atoms with van der Waals surface area (Å²) in [7, 11) is 0.401. The Balaban J connectivity index is 5.71. The summed E-state index contributed by atoms with van der Waals surface area (Å²) in [6.45, 7) is -3.29. The van der Waals surface area contributed by atoms with Crippen LogP contribution in [-0.4, -0.2) is 43.3 Å². The lowest BCUT2D eigenvalue weighted by Gasteiger charge is -2.34. The lowest BCUT2D eigenvalue weighted by atomic mass is 9.98. The minimum absolute atomic E-state index is 0.401. The van der Waals surface area contributed by atoms with Gasteiger partial charge in [-0.2, -0.15) is 35.1 Å². The Kier molecular flexibility index (Phi) is 4.21. The highest BCUT2D eigenvalue weighted by molar-refractivity contribution is 5.84. The van der Waals surface area contributed by atoms with E-state index in [0.717, 1.165) is 5.32 Å². The first-order chi connectivity index (χ1) is 7.79. The average Bonchev–Trinajstić information content (AvgIpc) is 2.26. The third-order valence-corrected chi connectivity index (χ3v) is 1.93. The van der Waals surface area contributed by atoms with E-state index < -0.39 is 36.3 Å². The summed E-state index contributed by atoms with van der Waals surface area (Å²) in [5, 5.41) is 0.912. The summed E-state index contributed by atoms with van der Waals surface area (Å²) < 4.78 is 112. The Morgan fingerprint density at radius 3 is 1.61 bits per heavy atom. The molecule has 0 rings (SSSR count). The maximum Gasteiger partial charge on any atom is 0.392 e. The molecular weight excluding hydrogens is 285 g/mol. The summed E-state index contributed by atoms with van der Waals surface area (Å²) >= 11 is 0. The van der Waals surface area contributed by atoms with Crippen LogP contribution in [0.1, 0.15) is 0 Å². The second-order valence-corrected chi connectivity index (χ2v) is 3.14. The van der Waals surface area contributed by atoms with E-state index in [1.165, 1.54) is 0 Å². The number of carbonyl (C=O) groups excluding carboxylic acids is 1. The van der Waals surface area contributed by atoms with Crippen molar-refractivity contribution in [1.29, 1.82) is 0 Å². The highest BCUT2D eigenvalue weighted by Gasteiger charge is 2.82. The van der Waals surface area contributed by atoms with Crippen LogP contribution in [0.4, 0.5) is 39.5 Å². The van der Waals surface area contributed by atoms with E-state index in [1.54, 1.807) is 0 Å². The van der Waals surface area contributed by atoms with Gasteiger partial charge in [-0.25, -0.2) is 4.39 Å². The fourth-order valence-corrected chi connectivity index (χ4v) is 0.810. The molecule has 0 atom stereocenters. The van der Waals surface area contributed by atoms with E-state index in [1.807, 2.05) is 0 Å². The van der Waals surface area contributed by atoms with Crippen molar-refractivity contribution < 1.29 is 44.3 Å². The van der Waals surface area contributed by atoms with Gasteiger partial charge in [0.2, 0.25) is 0 Å². The van der Waals surface area contributed by atoms with Gasteiger partial charge in [0.15, 0.2) is 6.67 Å². The maximum absolute atomic E-state index is 12.7. The van der Waals surface area contributed by atoms with Gasteiger partial charge in [-0.05, 0) is 0 Å². The molecule has 0 saturated carbocycles. The van der Waals surface area contributed by atoms with Crippen LogP contribution < -0.4 is 5.32 Å². The van der Waals surface area contributed by atoms with Crippen LogP contribution in [0.15, 0.2) is 0 Å². The molecule has 0 unspecified atom stereocenters. The molecule has 0 spiro atoms. The summed E-state index contributed by atoms with van der Waals surface area (Å²) in [5.41, 5.74) is 0. The maximum atomic E-state index is 12.7. The van der Waals surface area contributed by atoms with Crippen LogP contribution in [-0.2, 0) is 4.79 Å². The van der Waals surface area contributed by atoms with Crippen molar-refractivity contribution in [2.75, 3.05) is 13.7 Å². The number of alkyl halides is 9. The van der Waals surface area contributed by atoms with Crippen LogP contribution in [0.25, 0.3) is 0 Å². The van der Waals surface area contributed by atoms with Gasteiger partial charge in [-0.1, -0.05) is 0 Å². The smallest absolute Gasteiger partial charge is 0.354 e. The minimum atomic E-state index is -6.77. The van der Waals surface area contributed by atoms with Gasteiger partial charge in [0.25, 0.3) is 5.91 Å². The molecule has 0 aliphatic carbocycles. The molecule has 2 nitrogen and oxygen atoms in total. The zero-order valence-electron chi connectivity index (χ0n) is 8.52. The lowest BCUT2D eigenvalue weighted by molar-refractivity contribution is -0.358. The normalized spacial score (nSPS) is 14.6. The zero-order chi connectivity index (χ0) is 15.0. The largest absolute Gasteiger partial charge is 0.392 e. The fourth-order valence-electron chi connectivity index (χ4n) is 0.810. The Morgan fingerprint density at radius 1 is 0.944 bits per heavy atom. The molecule has 11 heteroatoms. The van der Waals surface area contributed by atoms with Crippen molar-refractivity contribution in [1.82, 2.24) is 5.32 Å². The Hall–Kier alpha value is -1.16. The first-order valence-corrected chi connectivity index (χ1v) is 4.09. The van der Waals surface area contributed by atoms with Crippen LogP contribution >= 0.6 is 0 Å². The molecule has 1 amide bonds. The van der Waals surface area contributed by atoms with Crippen LogP contribution in [0.2, 0.25) is 0 Å². The second-order valence-electron chi connectivity index (χ2n) is 3.14. The summed E-state index contributed by atoms with van der Waals surface area (Å²) in [5.74, 6) is -28.6. The number of carbonyl (C=O) groups is 1. The van der Waals surface area contributed by atoms with E-state index in [0.29, 0.717) is 7.05 Å². The monoisotopic (exact) mass is 291 g/mol. The summed E-state index contributed by atoms with van der Waals surface area (Å²) in [6, 6.07) is 0. The van der Waals surface area contributed by atoms with Gasteiger partial charge in [0.05, 0.1) is 0 Å². The molecule has 0 aromatic carbocycles. The molecule has 0 heterocycles. The molecule has 0 aliphatic rings. The molecule has 108 valence electrons. The minimum Gasteiger partial charge on any atom is -0.354 e. The second kappa shape index (κ2) is 4.50. The van der Waals surface area contributed by atoms with Crippen molar-refractivity contribution in [3.8, 4) is 0 Å². The van der Waals surface area contributed by atoms with E-state index in [4.69, 9.17) is 0 Å². The van der Waals surface area contributed by atoms with E-state index in [-0.39, 0.29) is 0 Å². The molecule has 0 aromatic rings. The molecule has 0 fully saturated rings. The summed E-state index contributed by atoms with van der Waals surface area (Å²) in [6.07, 6.45) is 0. The number of halogens is 9. The average molecular weight is 291 g/mol. The van der Waals surface area contributed by atoms with Gasteiger partial charge in [-0.3, -0.25) is 4.79 Å². The van der Waals surface area contributed by atoms with Gasteiger partial charge in [0.1, 0.15) is 0 Å². The Morgan fingerprint density at radius 2 is 1.33 bits per heavy atom. The van der Waals surface area contributed by atoms with Gasteiger partial charge in [0, 0.05) is 7.05 Å². The number of amides is 1. The van der Waals surface area contributed by atoms with Gasteiger partial charge < -0.3 is 5.32 Å². The van der Waals surface area contributed by atoms with E-state index in [9.17, 15) is 44.3 Å². The molecule has 0 aliphatic heterocycles. The predicted octanol–water partition coefficient (Wildman–Crippen LogP) is 2.24. The van der Waals surface area contributed by atoms with Crippen molar-refractivity contribution in [3.63, 3.8) is 0 Å². The first-order valence-electron chi connectivity index (χ1n) is 4.09. The topological polar surface area (TPSA) is 29.1 Å². The van der Waals surface area contributed by atoms with Gasteiger partial charge >= 0.3 is 23.7 Å². The van der Waals surface area contributed by atoms with Gasteiger partial charge in [-0.15, -0.1) is 0 Å². The molecule has 1 N–H and O–H groups in total. The zero-order valence-corrected chi connectivity index (χ0v) is 8.52. The quantitative estimate of drug-likeness (QED) is 0.773. The highest BCUT2D eigenvalue weighted by Crippen LogP contribution is 2.52. The number of hydrogen-bond donors (Lipinski definition) is 1.